The topological polar surface area (TPSA) is 96.5 Å². The van der Waals surface area contributed by atoms with Crippen LogP contribution in [0.25, 0.3) is 22.3 Å². The van der Waals surface area contributed by atoms with Crippen LogP contribution in [0.1, 0.15) is 79.0 Å². The minimum Gasteiger partial charge on any atom is -0.543 e. The molecule has 1 aliphatic heterocycles. The van der Waals surface area contributed by atoms with Gasteiger partial charge in [-0.3, -0.25) is 0 Å². The molecule has 1 fully saturated rings. The van der Waals surface area contributed by atoms with E-state index in [0.717, 1.165) is 60.3 Å². The Morgan fingerprint density at radius 2 is 1.89 bits per heavy atom. The molecule has 3 heterocycles. The maximum absolute atomic E-state index is 9.39. The summed E-state index contributed by atoms with van der Waals surface area (Å²) in [4.78, 5) is 1.74. The monoisotopic (exact) mass is 543 g/mol. The molecule has 0 radical (unpaired) electrons. The number of rotatable bonds is 11. The maximum atomic E-state index is 9.39. The van der Waals surface area contributed by atoms with Crippen molar-refractivity contribution in [1.82, 2.24) is 24.8 Å². The molecule has 2 unspecified atom stereocenters. The van der Waals surface area contributed by atoms with Crippen LogP contribution >= 0.6 is 0 Å². The summed E-state index contributed by atoms with van der Waals surface area (Å²) < 4.78 is 20.4. The Morgan fingerprint density at radius 1 is 1.13 bits per heavy atom. The van der Waals surface area contributed by atoms with Gasteiger partial charge in [0.25, 0.3) is 0 Å². The fourth-order valence-corrected chi connectivity index (χ4v) is 5.30. The summed E-state index contributed by atoms with van der Waals surface area (Å²) in [6, 6.07) is 6.34. The first-order valence-electron chi connectivity index (χ1n) is 14.0. The van der Waals surface area contributed by atoms with Gasteiger partial charge in [-0.1, -0.05) is 20.8 Å². The molecular formula is C28H45N5O4Si. The number of aliphatic hydroxyl groups is 1. The SMILES string of the molecule is CC(CCOCC[C@H](C)O)n1ncc(-c2nn(C3CCCCO3)c3ccc(O[Si](C)(C)C(C)(C)C)cc23)n1. The summed E-state index contributed by atoms with van der Waals surface area (Å²) in [5.74, 6) is 0.865. The van der Waals surface area contributed by atoms with Gasteiger partial charge >= 0.3 is 0 Å². The van der Waals surface area contributed by atoms with Crippen LogP contribution in [0.4, 0.5) is 0 Å². The average molecular weight is 544 g/mol. The van der Waals surface area contributed by atoms with Crippen molar-refractivity contribution in [1.29, 1.82) is 0 Å². The third-order valence-corrected chi connectivity index (χ3v) is 12.1. The standard InChI is InChI=1S/C28H45N5O4Si/c1-20(13-16-35-17-14-21(2)34)33-29-19-24(30-33)27-23-18-22(37-38(6,7)28(3,4)5)11-12-25(23)32(31-27)26-10-8-9-15-36-26/h11-12,18-21,26,34H,8-10,13-17H2,1-7H3/t20?,21-,26?/m0/s1. The van der Waals surface area contributed by atoms with Crippen molar-refractivity contribution in [3.05, 3.63) is 24.4 Å². The van der Waals surface area contributed by atoms with Gasteiger partial charge in [0.15, 0.2) is 6.23 Å². The molecular weight excluding hydrogens is 498 g/mol. The molecule has 38 heavy (non-hydrogen) atoms. The van der Waals surface area contributed by atoms with E-state index in [1.165, 1.54) is 0 Å². The predicted molar refractivity (Wildman–Crippen MR) is 152 cm³/mol. The van der Waals surface area contributed by atoms with E-state index in [2.05, 4.69) is 64.1 Å². The van der Waals surface area contributed by atoms with Crippen LogP contribution in [0.5, 0.6) is 5.75 Å². The summed E-state index contributed by atoms with van der Waals surface area (Å²) in [6.07, 6.45) is 5.94. The van der Waals surface area contributed by atoms with Gasteiger partial charge < -0.3 is 19.0 Å². The van der Waals surface area contributed by atoms with Crippen molar-refractivity contribution >= 4 is 19.2 Å². The second-order valence-corrected chi connectivity index (χ2v) is 16.8. The van der Waals surface area contributed by atoms with Crippen molar-refractivity contribution in [2.24, 2.45) is 0 Å². The molecule has 210 valence electrons. The van der Waals surface area contributed by atoms with Gasteiger partial charge in [0.1, 0.15) is 17.1 Å². The third-order valence-electron chi connectivity index (χ3n) is 7.79. The summed E-state index contributed by atoms with van der Waals surface area (Å²) in [7, 11) is -2.00. The van der Waals surface area contributed by atoms with Gasteiger partial charge in [0.05, 0.1) is 23.9 Å². The molecule has 0 spiro atoms. The van der Waals surface area contributed by atoms with Gasteiger partial charge in [0.2, 0.25) is 8.32 Å². The lowest BCUT2D eigenvalue weighted by atomic mass is 10.1. The molecule has 0 aliphatic carbocycles. The highest BCUT2D eigenvalue weighted by Crippen LogP contribution is 2.39. The van der Waals surface area contributed by atoms with Crippen LogP contribution in [-0.2, 0) is 9.47 Å². The van der Waals surface area contributed by atoms with E-state index < -0.39 is 8.32 Å². The highest BCUT2D eigenvalue weighted by molar-refractivity contribution is 6.74. The first kappa shape index (κ1) is 28.7. The average Bonchev–Trinajstić information content (AvgIpc) is 3.48. The van der Waals surface area contributed by atoms with Gasteiger partial charge in [-0.2, -0.15) is 20.1 Å². The Labute approximate surface area is 227 Å². The van der Waals surface area contributed by atoms with Crippen LogP contribution in [0.3, 0.4) is 0 Å². The van der Waals surface area contributed by atoms with Crippen molar-refractivity contribution in [2.45, 2.75) is 103 Å². The van der Waals surface area contributed by atoms with Gasteiger partial charge in [-0.15, -0.1) is 0 Å². The molecule has 9 nitrogen and oxygen atoms in total. The summed E-state index contributed by atoms with van der Waals surface area (Å²) in [6.45, 7) is 17.0. The maximum Gasteiger partial charge on any atom is 0.250 e. The zero-order valence-corrected chi connectivity index (χ0v) is 25.1. The quantitative estimate of drug-likeness (QED) is 0.230. The van der Waals surface area contributed by atoms with Crippen molar-refractivity contribution < 1.29 is 19.0 Å². The lowest BCUT2D eigenvalue weighted by Crippen LogP contribution is -2.43. The van der Waals surface area contributed by atoms with E-state index >= 15 is 0 Å². The van der Waals surface area contributed by atoms with Crippen molar-refractivity contribution in [3.63, 3.8) is 0 Å². The predicted octanol–water partition coefficient (Wildman–Crippen LogP) is 6.12. The van der Waals surface area contributed by atoms with Crippen LogP contribution in [-0.4, -0.2) is 64.1 Å². The second-order valence-electron chi connectivity index (χ2n) is 12.1. The largest absolute Gasteiger partial charge is 0.543 e. The summed E-state index contributed by atoms with van der Waals surface area (Å²) in [5, 5.41) is 24.9. The van der Waals surface area contributed by atoms with Crippen LogP contribution in [0, 0.1) is 0 Å². The summed E-state index contributed by atoms with van der Waals surface area (Å²) in [5.41, 5.74) is 2.54. The number of benzene rings is 1. The van der Waals surface area contributed by atoms with Crippen molar-refractivity contribution in [2.75, 3.05) is 19.8 Å². The minimum absolute atomic E-state index is 0.0720. The van der Waals surface area contributed by atoms with Gasteiger partial charge in [-0.25, -0.2) is 4.68 Å². The van der Waals surface area contributed by atoms with Gasteiger partial charge in [0, 0.05) is 25.2 Å². The molecule has 2 aromatic heterocycles. The first-order chi connectivity index (χ1) is 18.0. The van der Waals surface area contributed by atoms with E-state index in [1.54, 1.807) is 17.9 Å². The van der Waals surface area contributed by atoms with Crippen molar-refractivity contribution in [3.8, 4) is 17.1 Å². The zero-order valence-electron chi connectivity index (χ0n) is 24.1. The fourth-order valence-electron chi connectivity index (χ4n) is 4.28. The number of aromatic nitrogens is 5. The molecule has 3 atom stereocenters. The van der Waals surface area contributed by atoms with E-state index in [-0.39, 0.29) is 23.4 Å². The molecule has 1 aromatic carbocycles. The molecule has 1 aliphatic rings. The first-order valence-corrected chi connectivity index (χ1v) is 16.9. The third kappa shape index (κ3) is 6.65. The smallest absolute Gasteiger partial charge is 0.250 e. The molecule has 1 saturated heterocycles. The Bertz CT molecular complexity index is 1190. The number of hydrogen-bond acceptors (Lipinski definition) is 7. The van der Waals surface area contributed by atoms with E-state index in [1.807, 2.05) is 4.68 Å². The van der Waals surface area contributed by atoms with Crippen LogP contribution < -0.4 is 4.43 Å². The minimum atomic E-state index is -2.00. The molecule has 0 saturated carbocycles. The lowest BCUT2D eigenvalue weighted by molar-refractivity contribution is -0.0365. The zero-order chi connectivity index (χ0) is 27.5. The van der Waals surface area contributed by atoms with Crippen LogP contribution in [0.15, 0.2) is 24.4 Å². The van der Waals surface area contributed by atoms with E-state index in [0.29, 0.717) is 19.6 Å². The van der Waals surface area contributed by atoms with Crippen LogP contribution in [0.2, 0.25) is 18.1 Å². The number of nitrogens with zero attached hydrogens (tertiary/aromatic N) is 5. The fraction of sp³-hybridized carbons (Fsp3) is 0.679. The van der Waals surface area contributed by atoms with Gasteiger partial charge in [-0.05, 0) is 82.3 Å². The molecule has 10 heteroatoms. The molecule has 1 N–H and O–H groups in total. The number of aliphatic hydroxyl groups excluding tert-OH is 1. The summed E-state index contributed by atoms with van der Waals surface area (Å²) >= 11 is 0. The number of ether oxygens (including phenoxy) is 2. The normalized spacial score (nSPS) is 18.6. The Hall–Kier alpha value is -2.27. The van der Waals surface area contributed by atoms with E-state index in [9.17, 15) is 5.11 Å². The number of fused-ring (bicyclic) bond motifs is 1. The molecule has 0 amide bonds. The molecule has 0 bridgehead atoms. The highest BCUT2D eigenvalue weighted by atomic mass is 28.4. The van der Waals surface area contributed by atoms with E-state index in [4.69, 9.17) is 24.1 Å². The molecule has 3 aromatic rings. The number of hydrogen-bond donors (Lipinski definition) is 1. The second kappa shape index (κ2) is 11.9. The Balaban J connectivity index is 1.61. The Kier molecular flexibility index (Phi) is 8.96. The lowest BCUT2D eigenvalue weighted by Gasteiger charge is -2.36. The molecule has 4 rings (SSSR count). The highest BCUT2D eigenvalue weighted by Gasteiger charge is 2.39. The Morgan fingerprint density at radius 3 is 2.58 bits per heavy atom.